The summed E-state index contributed by atoms with van der Waals surface area (Å²) in [5, 5.41) is 6.97. The molecule has 0 radical (unpaired) electrons. The van der Waals surface area contributed by atoms with Gasteiger partial charge in [-0.2, -0.15) is 0 Å². The largest absolute Gasteiger partial charge is 0.357 e. The van der Waals surface area contributed by atoms with Gasteiger partial charge in [-0.1, -0.05) is 44.0 Å². The predicted molar refractivity (Wildman–Crippen MR) is 114 cm³/mol. The summed E-state index contributed by atoms with van der Waals surface area (Å²) in [5.74, 6) is 0.960. The van der Waals surface area contributed by atoms with Crippen LogP contribution in [0.3, 0.4) is 0 Å². The molecule has 1 heterocycles. The van der Waals surface area contributed by atoms with E-state index in [9.17, 15) is 0 Å². The monoisotopic (exact) mass is 371 g/mol. The zero-order chi connectivity index (χ0) is 18.9. The molecule has 0 amide bonds. The van der Waals surface area contributed by atoms with E-state index in [4.69, 9.17) is 4.99 Å². The average Bonchev–Trinajstić information content (AvgIpc) is 3.21. The zero-order valence-electron chi connectivity index (χ0n) is 17.2. The van der Waals surface area contributed by atoms with Gasteiger partial charge in [-0.05, 0) is 37.4 Å². The van der Waals surface area contributed by atoms with Crippen LogP contribution in [-0.4, -0.2) is 61.1 Å². The molecule has 2 N–H and O–H groups in total. The van der Waals surface area contributed by atoms with Gasteiger partial charge < -0.3 is 15.5 Å². The standard InChI is InChI=1S/C22H37N5/c1-3-23-22(25-21-7-5-6-8-21)24-17-19-9-11-20(12-10-19)18-27-15-13-26(4-2)14-16-27/h9-12,21H,3-8,13-18H2,1-2H3,(H2,23,24,25). The van der Waals surface area contributed by atoms with Crippen LogP contribution < -0.4 is 10.6 Å². The molecule has 150 valence electrons. The highest BCUT2D eigenvalue weighted by Gasteiger charge is 2.16. The summed E-state index contributed by atoms with van der Waals surface area (Å²) in [5.41, 5.74) is 2.68. The van der Waals surface area contributed by atoms with Crippen molar-refractivity contribution in [1.82, 2.24) is 20.4 Å². The molecule has 2 aliphatic rings. The Kier molecular flexibility index (Phi) is 7.96. The first kappa shape index (κ1) is 20.2. The number of hydrogen-bond acceptors (Lipinski definition) is 3. The summed E-state index contributed by atoms with van der Waals surface area (Å²) in [6.07, 6.45) is 5.22. The molecular weight excluding hydrogens is 334 g/mol. The third-order valence-corrected chi connectivity index (χ3v) is 5.80. The Balaban J connectivity index is 1.48. The van der Waals surface area contributed by atoms with Gasteiger partial charge in [0, 0.05) is 45.3 Å². The lowest BCUT2D eigenvalue weighted by molar-refractivity contribution is 0.132. The molecule has 1 aliphatic carbocycles. The van der Waals surface area contributed by atoms with Gasteiger partial charge in [0.2, 0.25) is 0 Å². The average molecular weight is 372 g/mol. The van der Waals surface area contributed by atoms with Crippen molar-refractivity contribution >= 4 is 5.96 Å². The van der Waals surface area contributed by atoms with Crippen LogP contribution in [0.1, 0.15) is 50.7 Å². The molecule has 0 atom stereocenters. The van der Waals surface area contributed by atoms with Crippen molar-refractivity contribution in [2.45, 2.75) is 58.7 Å². The fourth-order valence-corrected chi connectivity index (χ4v) is 4.03. The molecule has 1 aliphatic heterocycles. The third-order valence-electron chi connectivity index (χ3n) is 5.80. The van der Waals surface area contributed by atoms with Crippen LogP contribution in [-0.2, 0) is 13.1 Å². The van der Waals surface area contributed by atoms with Crippen LogP contribution in [0, 0.1) is 0 Å². The Hall–Kier alpha value is -1.59. The van der Waals surface area contributed by atoms with Crippen molar-refractivity contribution in [2.24, 2.45) is 4.99 Å². The van der Waals surface area contributed by atoms with Gasteiger partial charge in [-0.15, -0.1) is 0 Å². The van der Waals surface area contributed by atoms with Crippen LogP contribution in [0.15, 0.2) is 29.3 Å². The van der Waals surface area contributed by atoms with Gasteiger partial charge in [0.05, 0.1) is 6.54 Å². The van der Waals surface area contributed by atoms with Crippen LogP contribution in [0.5, 0.6) is 0 Å². The molecule has 1 saturated carbocycles. The van der Waals surface area contributed by atoms with Crippen LogP contribution in [0.4, 0.5) is 0 Å². The van der Waals surface area contributed by atoms with Gasteiger partial charge in [-0.3, -0.25) is 4.90 Å². The minimum absolute atomic E-state index is 0.596. The maximum atomic E-state index is 4.79. The smallest absolute Gasteiger partial charge is 0.191 e. The Morgan fingerprint density at radius 3 is 2.22 bits per heavy atom. The lowest BCUT2D eigenvalue weighted by Gasteiger charge is -2.34. The van der Waals surface area contributed by atoms with E-state index in [-0.39, 0.29) is 0 Å². The summed E-state index contributed by atoms with van der Waals surface area (Å²) in [6.45, 7) is 13.0. The number of nitrogens with one attached hydrogen (secondary N) is 2. The minimum Gasteiger partial charge on any atom is -0.357 e. The molecule has 2 fully saturated rings. The van der Waals surface area contributed by atoms with Gasteiger partial charge in [-0.25, -0.2) is 4.99 Å². The highest BCUT2D eigenvalue weighted by atomic mass is 15.3. The number of rotatable bonds is 7. The van der Waals surface area contributed by atoms with E-state index >= 15 is 0 Å². The van der Waals surface area contributed by atoms with E-state index in [2.05, 4.69) is 58.5 Å². The first-order valence-electron chi connectivity index (χ1n) is 10.8. The number of hydrogen-bond donors (Lipinski definition) is 2. The highest BCUT2D eigenvalue weighted by Crippen LogP contribution is 2.17. The molecule has 1 saturated heterocycles. The normalized spacial score (nSPS) is 20.1. The van der Waals surface area contributed by atoms with E-state index < -0.39 is 0 Å². The summed E-state index contributed by atoms with van der Waals surface area (Å²) < 4.78 is 0. The number of aliphatic imine (C=N–C) groups is 1. The van der Waals surface area contributed by atoms with Crippen LogP contribution >= 0.6 is 0 Å². The molecular formula is C22H37N5. The fraction of sp³-hybridized carbons (Fsp3) is 0.682. The van der Waals surface area contributed by atoms with Crippen molar-refractivity contribution in [3.05, 3.63) is 35.4 Å². The van der Waals surface area contributed by atoms with Crippen molar-refractivity contribution in [3.63, 3.8) is 0 Å². The minimum atomic E-state index is 0.596. The lowest BCUT2D eigenvalue weighted by Crippen LogP contribution is -2.45. The van der Waals surface area contributed by atoms with E-state index in [0.29, 0.717) is 6.04 Å². The highest BCUT2D eigenvalue weighted by molar-refractivity contribution is 5.80. The topological polar surface area (TPSA) is 42.9 Å². The summed E-state index contributed by atoms with van der Waals surface area (Å²) in [6, 6.07) is 9.61. The van der Waals surface area contributed by atoms with E-state index in [0.717, 1.165) is 25.6 Å². The Morgan fingerprint density at radius 2 is 1.59 bits per heavy atom. The Morgan fingerprint density at radius 1 is 0.963 bits per heavy atom. The molecule has 1 aromatic rings. The second-order valence-corrected chi connectivity index (χ2v) is 7.85. The molecule has 0 aromatic heterocycles. The molecule has 0 spiro atoms. The van der Waals surface area contributed by atoms with Gasteiger partial charge in [0.1, 0.15) is 0 Å². The molecule has 0 unspecified atom stereocenters. The number of nitrogens with zero attached hydrogens (tertiary/aromatic N) is 3. The van der Waals surface area contributed by atoms with Gasteiger partial charge in [0.15, 0.2) is 5.96 Å². The van der Waals surface area contributed by atoms with Crippen molar-refractivity contribution in [2.75, 3.05) is 39.3 Å². The first-order chi connectivity index (χ1) is 13.3. The Labute approximate surface area is 165 Å². The zero-order valence-corrected chi connectivity index (χ0v) is 17.2. The summed E-state index contributed by atoms with van der Waals surface area (Å²) >= 11 is 0. The molecule has 5 heteroatoms. The van der Waals surface area contributed by atoms with Crippen LogP contribution in [0.2, 0.25) is 0 Å². The molecule has 5 nitrogen and oxygen atoms in total. The summed E-state index contributed by atoms with van der Waals surface area (Å²) in [4.78, 5) is 9.88. The maximum Gasteiger partial charge on any atom is 0.191 e. The third kappa shape index (κ3) is 6.51. The van der Waals surface area contributed by atoms with Crippen LogP contribution in [0.25, 0.3) is 0 Å². The van der Waals surface area contributed by atoms with Gasteiger partial charge in [0.25, 0.3) is 0 Å². The molecule has 27 heavy (non-hydrogen) atoms. The first-order valence-corrected chi connectivity index (χ1v) is 10.8. The maximum absolute atomic E-state index is 4.79. The second-order valence-electron chi connectivity index (χ2n) is 7.85. The summed E-state index contributed by atoms with van der Waals surface area (Å²) in [7, 11) is 0. The number of piperazine rings is 1. The number of benzene rings is 1. The lowest BCUT2D eigenvalue weighted by atomic mass is 10.1. The van der Waals surface area contributed by atoms with E-state index in [1.807, 2.05) is 0 Å². The second kappa shape index (κ2) is 10.7. The Bertz CT molecular complexity index is 569. The van der Waals surface area contributed by atoms with Crippen molar-refractivity contribution in [1.29, 1.82) is 0 Å². The molecule has 0 bridgehead atoms. The predicted octanol–water partition coefficient (Wildman–Crippen LogP) is 2.82. The molecule has 3 rings (SSSR count). The number of likely N-dealkylation sites (N-methyl/N-ethyl adjacent to an activating group) is 1. The fourth-order valence-electron chi connectivity index (χ4n) is 4.03. The van der Waals surface area contributed by atoms with Crippen molar-refractivity contribution in [3.8, 4) is 0 Å². The van der Waals surface area contributed by atoms with E-state index in [1.54, 1.807) is 0 Å². The van der Waals surface area contributed by atoms with E-state index in [1.165, 1.54) is 69.5 Å². The SMILES string of the molecule is CCNC(=NCc1ccc(CN2CCN(CC)CC2)cc1)NC1CCCC1. The number of guanidine groups is 1. The van der Waals surface area contributed by atoms with Gasteiger partial charge >= 0.3 is 0 Å². The molecule has 1 aromatic carbocycles. The van der Waals surface area contributed by atoms with Crippen molar-refractivity contribution < 1.29 is 0 Å². The quantitative estimate of drug-likeness (QED) is 0.571.